The van der Waals surface area contributed by atoms with Crippen LogP contribution < -0.4 is 0 Å². The summed E-state index contributed by atoms with van der Waals surface area (Å²) in [6.07, 6.45) is 11.8. The molecule has 2 aliphatic rings. The van der Waals surface area contributed by atoms with E-state index in [1.165, 1.54) is 51.4 Å². The quantitative estimate of drug-likeness (QED) is 0.530. The molecule has 18 heavy (non-hydrogen) atoms. The highest BCUT2D eigenvalue weighted by Crippen LogP contribution is 2.39. The average molecular weight is 252 g/mol. The van der Waals surface area contributed by atoms with Gasteiger partial charge in [-0.1, -0.05) is 80.1 Å². The van der Waals surface area contributed by atoms with Gasteiger partial charge in [-0.2, -0.15) is 0 Å². The summed E-state index contributed by atoms with van der Waals surface area (Å²) in [5.74, 6) is 2.15. The molecule has 0 saturated heterocycles. The Morgan fingerprint density at radius 2 is 0.944 bits per heavy atom. The molecule has 108 valence electrons. The zero-order chi connectivity index (χ0) is 13.8. The lowest BCUT2D eigenvalue weighted by atomic mass is 9.84. The van der Waals surface area contributed by atoms with E-state index in [9.17, 15) is 0 Å². The maximum absolute atomic E-state index is 2.35. The molecule has 0 aromatic heterocycles. The second-order valence-electron chi connectivity index (χ2n) is 9.12. The predicted molar refractivity (Wildman–Crippen MR) is 82.8 cm³/mol. The first-order valence-electron chi connectivity index (χ1n) is 8.16. The molecule has 2 aliphatic carbocycles. The molecule has 0 heteroatoms. The van der Waals surface area contributed by atoms with Gasteiger partial charge in [0.05, 0.1) is 0 Å². The molecule has 0 bridgehead atoms. The number of hydrogen-bond acceptors (Lipinski definition) is 0. The molecule has 0 heterocycles. The Labute approximate surface area is 116 Å². The van der Waals surface area contributed by atoms with E-state index in [0.717, 1.165) is 11.8 Å². The van der Waals surface area contributed by atoms with Crippen LogP contribution >= 0.6 is 0 Å². The van der Waals surface area contributed by atoms with Crippen LogP contribution in [-0.2, 0) is 0 Å². The summed E-state index contributed by atoms with van der Waals surface area (Å²) in [6.45, 7) is 14.0. The lowest BCUT2D eigenvalue weighted by Crippen LogP contribution is -2.10. The predicted octanol–water partition coefficient (Wildman–Crippen LogP) is 6.45. The second-order valence-corrected chi connectivity index (χ2v) is 9.12. The molecule has 0 nitrogen and oxygen atoms in total. The maximum atomic E-state index is 2.35. The van der Waals surface area contributed by atoms with Crippen molar-refractivity contribution < 1.29 is 0 Å². The number of hydrogen-bond donors (Lipinski definition) is 0. The summed E-state index contributed by atoms with van der Waals surface area (Å²) in [5.41, 5.74) is 1.15. The van der Waals surface area contributed by atoms with Crippen molar-refractivity contribution in [3.63, 3.8) is 0 Å². The van der Waals surface area contributed by atoms with Gasteiger partial charge in [0.25, 0.3) is 0 Å². The lowest BCUT2D eigenvalue weighted by molar-refractivity contribution is 0.297. The van der Waals surface area contributed by atoms with Gasteiger partial charge < -0.3 is 0 Å². The monoisotopic (exact) mass is 252 g/mol. The first-order chi connectivity index (χ1) is 8.16. The van der Waals surface area contributed by atoms with Crippen molar-refractivity contribution in [1.82, 2.24) is 0 Å². The Morgan fingerprint density at radius 3 is 1.17 bits per heavy atom. The van der Waals surface area contributed by atoms with Crippen molar-refractivity contribution in [3.8, 4) is 0 Å². The van der Waals surface area contributed by atoms with E-state index in [2.05, 4.69) is 41.5 Å². The molecular formula is C18H36. The third-order valence-corrected chi connectivity index (χ3v) is 3.97. The SMILES string of the molecule is CC(C)(C)CC1CC1.CC(C)(C)CC1CCCC1. The molecule has 0 aromatic carbocycles. The molecule has 0 aromatic rings. The van der Waals surface area contributed by atoms with E-state index < -0.39 is 0 Å². The topological polar surface area (TPSA) is 0 Å². The molecule has 2 saturated carbocycles. The Balaban J connectivity index is 0.000000184. The summed E-state index contributed by atoms with van der Waals surface area (Å²) < 4.78 is 0. The van der Waals surface area contributed by atoms with Gasteiger partial charge in [0.2, 0.25) is 0 Å². The van der Waals surface area contributed by atoms with Crippen LogP contribution in [0, 0.1) is 22.7 Å². The Kier molecular flexibility index (Phi) is 5.74. The van der Waals surface area contributed by atoms with Crippen molar-refractivity contribution in [3.05, 3.63) is 0 Å². The zero-order valence-corrected chi connectivity index (χ0v) is 13.8. The van der Waals surface area contributed by atoms with Crippen molar-refractivity contribution in [2.24, 2.45) is 22.7 Å². The molecule has 0 spiro atoms. The summed E-state index contributed by atoms with van der Waals surface area (Å²) in [5, 5.41) is 0. The zero-order valence-electron chi connectivity index (χ0n) is 13.8. The minimum atomic E-state index is 0.564. The molecule has 0 radical (unpaired) electrons. The standard InChI is InChI=1S/C10H20.C8H16/c1-10(2,3)8-9-6-4-5-7-9;1-8(2,3)6-7-4-5-7/h9H,4-8H2,1-3H3;7H,4-6H2,1-3H3. The Bertz CT molecular complexity index is 215. The fraction of sp³-hybridized carbons (Fsp3) is 1.00. The van der Waals surface area contributed by atoms with Crippen LogP contribution in [0.3, 0.4) is 0 Å². The fourth-order valence-corrected chi connectivity index (χ4v) is 3.27. The molecule has 0 unspecified atom stereocenters. The normalized spacial score (nSPS) is 21.7. The van der Waals surface area contributed by atoms with Gasteiger partial charge in [0, 0.05) is 0 Å². The van der Waals surface area contributed by atoms with Crippen LogP contribution in [0.1, 0.15) is 92.9 Å². The van der Waals surface area contributed by atoms with Crippen LogP contribution in [0.5, 0.6) is 0 Å². The minimum absolute atomic E-state index is 0.564. The van der Waals surface area contributed by atoms with Crippen molar-refractivity contribution in [2.45, 2.75) is 92.9 Å². The van der Waals surface area contributed by atoms with E-state index >= 15 is 0 Å². The van der Waals surface area contributed by atoms with Gasteiger partial charge in [-0.05, 0) is 35.5 Å². The van der Waals surface area contributed by atoms with Gasteiger partial charge in [0.1, 0.15) is 0 Å². The van der Waals surface area contributed by atoms with E-state index in [4.69, 9.17) is 0 Å². The summed E-state index contributed by atoms with van der Waals surface area (Å²) >= 11 is 0. The molecule has 0 aliphatic heterocycles. The highest BCUT2D eigenvalue weighted by Gasteiger charge is 2.26. The fourth-order valence-electron chi connectivity index (χ4n) is 3.27. The van der Waals surface area contributed by atoms with E-state index in [1.54, 1.807) is 0 Å². The van der Waals surface area contributed by atoms with Gasteiger partial charge in [-0.3, -0.25) is 0 Å². The maximum Gasteiger partial charge on any atom is -0.0380 e. The van der Waals surface area contributed by atoms with Crippen molar-refractivity contribution in [1.29, 1.82) is 0 Å². The first kappa shape index (κ1) is 16.1. The van der Waals surface area contributed by atoms with Crippen LogP contribution in [-0.4, -0.2) is 0 Å². The van der Waals surface area contributed by atoms with Gasteiger partial charge in [-0.25, -0.2) is 0 Å². The van der Waals surface area contributed by atoms with E-state index in [1.807, 2.05) is 0 Å². The van der Waals surface area contributed by atoms with Crippen LogP contribution in [0.4, 0.5) is 0 Å². The van der Waals surface area contributed by atoms with Crippen LogP contribution in [0.15, 0.2) is 0 Å². The smallest absolute Gasteiger partial charge is 0.0380 e. The highest BCUT2D eigenvalue weighted by atomic mass is 14.3. The second kappa shape index (κ2) is 6.44. The minimum Gasteiger partial charge on any atom is -0.0602 e. The highest BCUT2D eigenvalue weighted by molar-refractivity contribution is 4.78. The molecular weight excluding hydrogens is 216 g/mol. The largest absolute Gasteiger partial charge is 0.0602 e. The van der Waals surface area contributed by atoms with Crippen LogP contribution in [0.2, 0.25) is 0 Å². The van der Waals surface area contributed by atoms with Crippen LogP contribution in [0.25, 0.3) is 0 Å². The third kappa shape index (κ3) is 9.00. The summed E-state index contributed by atoms with van der Waals surface area (Å²) in [7, 11) is 0. The van der Waals surface area contributed by atoms with E-state index in [-0.39, 0.29) is 0 Å². The van der Waals surface area contributed by atoms with Crippen molar-refractivity contribution in [2.75, 3.05) is 0 Å². The van der Waals surface area contributed by atoms with Gasteiger partial charge in [0.15, 0.2) is 0 Å². The molecule has 0 N–H and O–H groups in total. The lowest BCUT2D eigenvalue weighted by Gasteiger charge is -2.22. The van der Waals surface area contributed by atoms with Gasteiger partial charge in [-0.15, -0.1) is 0 Å². The first-order valence-corrected chi connectivity index (χ1v) is 8.16. The molecule has 2 fully saturated rings. The molecule has 0 amide bonds. The Hall–Kier alpha value is 0. The molecule has 2 rings (SSSR count). The Morgan fingerprint density at radius 1 is 0.611 bits per heavy atom. The van der Waals surface area contributed by atoms with Gasteiger partial charge >= 0.3 is 0 Å². The van der Waals surface area contributed by atoms with Crippen molar-refractivity contribution >= 4 is 0 Å². The van der Waals surface area contributed by atoms with E-state index in [0.29, 0.717) is 10.8 Å². The summed E-state index contributed by atoms with van der Waals surface area (Å²) in [4.78, 5) is 0. The summed E-state index contributed by atoms with van der Waals surface area (Å²) in [6, 6.07) is 0. The number of rotatable bonds is 2. The average Bonchev–Trinajstić information content (AvgIpc) is 2.76. The third-order valence-electron chi connectivity index (χ3n) is 3.97. The molecule has 0 atom stereocenters.